The van der Waals surface area contributed by atoms with Crippen LogP contribution in [0.4, 0.5) is 14.6 Å². The van der Waals surface area contributed by atoms with Crippen LogP contribution >= 0.6 is 0 Å². The topological polar surface area (TPSA) is 78.4 Å². The number of halogens is 2. The number of carbonyl (C=O) groups is 2. The molecule has 3 aromatic rings. The molecule has 1 aliphatic heterocycles. The highest BCUT2D eigenvalue weighted by Gasteiger charge is 2.40. The van der Waals surface area contributed by atoms with Crippen molar-refractivity contribution in [3.05, 3.63) is 59.9 Å². The number of aromatic amines is 1. The predicted molar refractivity (Wildman–Crippen MR) is 110 cm³/mol. The highest BCUT2D eigenvalue weighted by atomic mass is 19.3. The fourth-order valence-electron chi connectivity index (χ4n) is 3.57. The first kappa shape index (κ1) is 19.9. The molecule has 1 unspecified atom stereocenters. The Morgan fingerprint density at radius 3 is 2.83 bits per heavy atom. The molecule has 4 rings (SSSR count). The number of fused-ring (bicyclic) bond motifs is 1. The highest BCUT2D eigenvalue weighted by Crippen LogP contribution is 2.32. The number of benzene rings is 1. The van der Waals surface area contributed by atoms with Crippen molar-refractivity contribution in [3.63, 3.8) is 0 Å². The summed E-state index contributed by atoms with van der Waals surface area (Å²) < 4.78 is 28.0. The molecule has 0 radical (unpaired) electrons. The van der Waals surface area contributed by atoms with Crippen LogP contribution in [0.25, 0.3) is 10.9 Å². The van der Waals surface area contributed by atoms with Crippen LogP contribution in [-0.4, -0.2) is 27.4 Å². The monoisotopic (exact) mass is 410 g/mol. The van der Waals surface area contributed by atoms with Crippen molar-refractivity contribution >= 4 is 34.1 Å². The number of nitrogens with zero attached hydrogens (tertiary/aromatic N) is 3. The van der Waals surface area contributed by atoms with Gasteiger partial charge in [0.05, 0.1) is 11.2 Å². The number of anilines is 1. The number of rotatable bonds is 6. The van der Waals surface area contributed by atoms with Gasteiger partial charge in [-0.2, -0.15) is 10.1 Å². The molecule has 0 fully saturated rings. The zero-order valence-corrected chi connectivity index (χ0v) is 16.5. The van der Waals surface area contributed by atoms with Crippen LogP contribution in [0.1, 0.15) is 31.4 Å². The van der Waals surface area contributed by atoms with E-state index in [0.717, 1.165) is 15.9 Å². The molecule has 0 aliphatic carbocycles. The van der Waals surface area contributed by atoms with Gasteiger partial charge in [-0.25, -0.2) is 13.8 Å². The lowest BCUT2D eigenvalue weighted by Crippen LogP contribution is -2.34. The van der Waals surface area contributed by atoms with Crippen molar-refractivity contribution in [2.45, 2.75) is 32.6 Å². The van der Waals surface area contributed by atoms with Crippen molar-refractivity contribution in [3.8, 4) is 0 Å². The summed E-state index contributed by atoms with van der Waals surface area (Å²) >= 11 is 0. The van der Waals surface area contributed by atoms with E-state index in [1.807, 2.05) is 6.07 Å². The molecular formula is C22H20F2N4O2. The number of H-pyrrole nitrogens is 1. The Kier molecular flexibility index (Phi) is 4.93. The maximum absolute atomic E-state index is 14.0. The Morgan fingerprint density at radius 1 is 1.27 bits per heavy atom. The summed E-state index contributed by atoms with van der Waals surface area (Å²) in [5.74, 6) is -4.58. The summed E-state index contributed by atoms with van der Waals surface area (Å²) in [4.78, 5) is 33.1. The normalized spacial score (nSPS) is 16.9. The zero-order chi connectivity index (χ0) is 21.5. The van der Waals surface area contributed by atoms with Crippen molar-refractivity contribution in [1.29, 1.82) is 0 Å². The van der Waals surface area contributed by atoms with E-state index >= 15 is 0 Å². The standard InChI is InChI=1S/C22H20F2N4O2/c1-3-22(23,24)16-6-4-5-14(9-16)10-18(29)20-13(2)27-28(21(20)30)19-11-17-15(12-26-19)7-8-25-17/h4-9,11-12,20,25H,3,10H2,1-2H3. The molecule has 6 nitrogen and oxygen atoms in total. The van der Waals surface area contributed by atoms with Crippen molar-refractivity contribution in [2.24, 2.45) is 11.0 Å². The number of pyridine rings is 1. The van der Waals surface area contributed by atoms with Crippen LogP contribution in [0.15, 0.2) is 53.9 Å². The van der Waals surface area contributed by atoms with Gasteiger partial charge in [0.25, 0.3) is 11.8 Å². The van der Waals surface area contributed by atoms with Gasteiger partial charge < -0.3 is 4.98 Å². The number of Topliss-reactive ketones (excluding diaryl/α,β-unsaturated/α-hetero) is 1. The zero-order valence-electron chi connectivity index (χ0n) is 16.5. The fraction of sp³-hybridized carbons (Fsp3) is 0.273. The van der Waals surface area contributed by atoms with Crippen LogP contribution < -0.4 is 5.01 Å². The largest absolute Gasteiger partial charge is 0.361 e. The van der Waals surface area contributed by atoms with Crippen LogP contribution in [0.2, 0.25) is 0 Å². The Labute approximate surface area is 171 Å². The molecule has 30 heavy (non-hydrogen) atoms. The lowest BCUT2D eigenvalue weighted by atomic mass is 9.93. The molecule has 1 N–H and O–H groups in total. The fourth-order valence-corrected chi connectivity index (χ4v) is 3.57. The molecular weight excluding hydrogens is 390 g/mol. The molecule has 154 valence electrons. The summed E-state index contributed by atoms with van der Waals surface area (Å²) in [6.45, 7) is 3.01. The Balaban J connectivity index is 1.55. The summed E-state index contributed by atoms with van der Waals surface area (Å²) in [7, 11) is 0. The lowest BCUT2D eigenvalue weighted by molar-refractivity contribution is -0.128. The molecule has 3 heterocycles. The number of hydrogen-bond donors (Lipinski definition) is 1. The second kappa shape index (κ2) is 7.44. The molecule has 2 aromatic heterocycles. The third-order valence-electron chi connectivity index (χ3n) is 5.26. The molecule has 8 heteroatoms. The Bertz CT molecular complexity index is 1170. The minimum Gasteiger partial charge on any atom is -0.361 e. The van der Waals surface area contributed by atoms with Gasteiger partial charge >= 0.3 is 0 Å². The predicted octanol–water partition coefficient (Wildman–Crippen LogP) is 4.22. The Hall–Kier alpha value is -3.42. The van der Waals surface area contributed by atoms with Crippen LogP contribution in [-0.2, 0) is 21.9 Å². The molecule has 1 atom stereocenters. The van der Waals surface area contributed by atoms with E-state index < -0.39 is 17.7 Å². The van der Waals surface area contributed by atoms with Gasteiger partial charge in [-0.05, 0) is 24.6 Å². The van der Waals surface area contributed by atoms with E-state index in [9.17, 15) is 18.4 Å². The van der Waals surface area contributed by atoms with Crippen molar-refractivity contribution < 1.29 is 18.4 Å². The molecule has 1 amide bonds. The number of nitrogens with one attached hydrogen (secondary N) is 1. The lowest BCUT2D eigenvalue weighted by Gasteiger charge is -2.16. The van der Waals surface area contributed by atoms with Gasteiger partial charge in [0.1, 0.15) is 5.92 Å². The number of alkyl halides is 2. The summed E-state index contributed by atoms with van der Waals surface area (Å²) in [5.41, 5.74) is 1.46. The highest BCUT2D eigenvalue weighted by molar-refractivity contribution is 6.27. The van der Waals surface area contributed by atoms with Gasteiger partial charge in [0.2, 0.25) is 0 Å². The second-order valence-corrected chi connectivity index (χ2v) is 7.33. The van der Waals surface area contributed by atoms with E-state index in [1.54, 1.807) is 31.5 Å². The molecule has 0 spiro atoms. The van der Waals surface area contributed by atoms with E-state index in [1.165, 1.54) is 25.1 Å². The van der Waals surface area contributed by atoms with E-state index in [0.29, 0.717) is 17.1 Å². The average Bonchev–Trinajstić information content (AvgIpc) is 3.31. The number of ketones is 1. The van der Waals surface area contributed by atoms with Crippen LogP contribution in [0.5, 0.6) is 0 Å². The molecule has 0 saturated carbocycles. The first-order valence-corrected chi connectivity index (χ1v) is 9.62. The number of hydrogen-bond acceptors (Lipinski definition) is 4. The number of amides is 1. The first-order chi connectivity index (χ1) is 14.3. The quantitative estimate of drug-likeness (QED) is 0.618. The number of aromatic nitrogens is 2. The van der Waals surface area contributed by atoms with E-state index in [4.69, 9.17) is 0 Å². The smallest absolute Gasteiger partial charge is 0.273 e. The summed E-state index contributed by atoms with van der Waals surface area (Å²) in [6, 6.07) is 9.32. The maximum atomic E-state index is 14.0. The Morgan fingerprint density at radius 2 is 2.07 bits per heavy atom. The van der Waals surface area contributed by atoms with Gasteiger partial charge in [-0.3, -0.25) is 9.59 Å². The number of carbonyl (C=O) groups excluding carboxylic acids is 2. The van der Waals surface area contributed by atoms with E-state index in [-0.39, 0.29) is 24.2 Å². The summed E-state index contributed by atoms with van der Waals surface area (Å²) in [6.07, 6.45) is 2.92. The molecule has 1 aromatic carbocycles. The molecule has 1 aliphatic rings. The molecule has 0 saturated heterocycles. The maximum Gasteiger partial charge on any atom is 0.273 e. The SMILES string of the molecule is CCC(F)(F)c1cccc(CC(=O)C2C(=O)N(c3cc4[nH]ccc4cn3)N=C2C)c1. The van der Waals surface area contributed by atoms with E-state index in [2.05, 4.69) is 15.1 Å². The van der Waals surface area contributed by atoms with Crippen molar-refractivity contribution in [1.82, 2.24) is 9.97 Å². The molecule has 0 bridgehead atoms. The van der Waals surface area contributed by atoms with Crippen molar-refractivity contribution in [2.75, 3.05) is 5.01 Å². The average molecular weight is 410 g/mol. The van der Waals surface area contributed by atoms with Crippen LogP contribution in [0, 0.1) is 5.92 Å². The van der Waals surface area contributed by atoms with Gasteiger partial charge in [-0.1, -0.05) is 25.1 Å². The number of hydrazone groups is 1. The van der Waals surface area contributed by atoms with Gasteiger partial charge in [0.15, 0.2) is 11.6 Å². The van der Waals surface area contributed by atoms with Gasteiger partial charge in [0, 0.05) is 42.3 Å². The third-order valence-corrected chi connectivity index (χ3v) is 5.26. The minimum absolute atomic E-state index is 0.131. The van der Waals surface area contributed by atoms with Crippen LogP contribution in [0.3, 0.4) is 0 Å². The van der Waals surface area contributed by atoms with Gasteiger partial charge in [-0.15, -0.1) is 0 Å². The second-order valence-electron chi connectivity index (χ2n) is 7.33. The minimum atomic E-state index is -2.96. The first-order valence-electron chi connectivity index (χ1n) is 9.62. The third kappa shape index (κ3) is 3.49. The summed E-state index contributed by atoms with van der Waals surface area (Å²) in [5, 5.41) is 6.24.